The van der Waals surface area contributed by atoms with Crippen LogP contribution in [0.1, 0.15) is 32.3 Å². The molecule has 0 bridgehead atoms. The molecule has 1 saturated carbocycles. The average molecular weight is 481 g/mol. The molecule has 5 nitrogen and oxygen atoms in total. The number of benzene rings is 2. The summed E-state index contributed by atoms with van der Waals surface area (Å²) in [6.07, 6.45) is -0.655. The van der Waals surface area contributed by atoms with Crippen LogP contribution >= 0.6 is 0 Å². The molecule has 1 aliphatic heterocycles. The number of alkyl halides is 1. The van der Waals surface area contributed by atoms with Crippen LogP contribution in [0.3, 0.4) is 0 Å². The molecule has 1 N–H and O–H groups in total. The van der Waals surface area contributed by atoms with Gasteiger partial charge in [0.2, 0.25) is 15.9 Å². The first-order chi connectivity index (χ1) is 15.6. The van der Waals surface area contributed by atoms with Crippen molar-refractivity contribution in [2.24, 2.45) is 5.92 Å². The highest BCUT2D eigenvalue weighted by Crippen LogP contribution is 2.33. The lowest BCUT2D eigenvalue weighted by Crippen LogP contribution is -2.51. The third kappa shape index (κ3) is 4.94. The molecule has 1 saturated heterocycles. The van der Waals surface area contributed by atoms with E-state index in [0.29, 0.717) is 18.4 Å². The lowest BCUT2D eigenvalue weighted by molar-refractivity contribution is -0.135. The highest BCUT2D eigenvalue weighted by Gasteiger charge is 2.48. The highest BCUT2D eigenvalue weighted by molar-refractivity contribution is 7.90. The molecular weight excluding hydrogens is 453 g/mol. The second-order valence-corrected chi connectivity index (χ2v) is 11.1. The first kappa shape index (κ1) is 23.8. The third-order valence-corrected chi connectivity index (χ3v) is 8.21. The number of nitrogens with one attached hydrogen (secondary N) is 1. The SMILES string of the molecule is CC(C)C(=O)N1C[C@H](F)[C@H](NS(=O)(=O)C2CC2)[C@@H]1Cc1cccc(-c2cccc(F)c2)c1F. The molecule has 2 fully saturated rings. The maximum absolute atomic E-state index is 15.5. The number of likely N-dealkylation sites (tertiary alicyclic amines) is 1. The van der Waals surface area contributed by atoms with Crippen LogP contribution < -0.4 is 4.72 Å². The van der Waals surface area contributed by atoms with Crippen molar-refractivity contribution in [3.05, 3.63) is 59.7 Å². The predicted molar refractivity (Wildman–Crippen MR) is 120 cm³/mol. The Hall–Kier alpha value is -2.39. The Morgan fingerprint density at radius 2 is 1.85 bits per heavy atom. The smallest absolute Gasteiger partial charge is 0.225 e. The Morgan fingerprint density at radius 1 is 1.15 bits per heavy atom. The standard InChI is InChI=1S/C24H27F3N2O3S/c1-14(2)24(30)29-13-20(26)23(28-33(31,32)18-9-10-18)21(29)12-16-6-4-8-19(22(16)27)15-5-3-7-17(25)11-15/h3-8,11,14,18,20-21,23,28H,9-10,12-13H2,1-2H3/t20-,21-,23-/m0/s1. The minimum absolute atomic E-state index is 0.0777. The van der Waals surface area contributed by atoms with Gasteiger partial charge in [-0.25, -0.2) is 26.3 Å². The van der Waals surface area contributed by atoms with Crippen LogP contribution in [-0.2, 0) is 21.2 Å². The normalized spacial score (nSPS) is 23.3. The number of hydrogen-bond acceptors (Lipinski definition) is 3. The van der Waals surface area contributed by atoms with Crippen molar-refractivity contribution in [3.63, 3.8) is 0 Å². The summed E-state index contributed by atoms with van der Waals surface area (Å²) >= 11 is 0. The molecule has 2 aromatic carbocycles. The van der Waals surface area contributed by atoms with Crippen molar-refractivity contribution < 1.29 is 26.4 Å². The first-order valence-electron chi connectivity index (χ1n) is 11.1. The number of rotatable bonds is 7. The van der Waals surface area contributed by atoms with Gasteiger partial charge in [-0.3, -0.25) is 4.79 Å². The van der Waals surface area contributed by atoms with E-state index in [1.54, 1.807) is 26.0 Å². The van der Waals surface area contributed by atoms with Gasteiger partial charge in [-0.2, -0.15) is 0 Å². The van der Waals surface area contributed by atoms with Crippen LogP contribution in [0, 0.1) is 17.6 Å². The molecule has 33 heavy (non-hydrogen) atoms. The molecule has 9 heteroatoms. The van der Waals surface area contributed by atoms with Gasteiger partial charge >= 0.3 is 0 Å². The molecule has 4 rings (SSSR count). The van der Waals surface area contributed by atoms with Gasteiger partial charge < -0.3 is 4.90 Å². The molecule has 2 aliphatic rings. The minimum Gasteiger partial charge on any atom is -0.334 e. The maximum Gasteiger partial charge on any atom is 0.225 e. The summed E-state index contributed by atoms with van der Waals surface area (Å²) in [6.45, 7) is 3.10. The van der Waals surface area contributed by atoms with E-state index < -0.39 is 51.1 Å². The maximum atomic E-state index is 15.5. The fraction of sp³-hybridized carbons (Fsp3) is 0.458. The van der Waals surface area contributed by atoms with E-state index >= 15 is 8.78 Å². The van der Waals surface area contributed by atoms with Crippen LogP contribution in [0.15, 0.2) is 42.5 Å². The Labute approximate surface area is 192 Å². The number of sulfonamides is 1. The van der Waals surface area contributed by atoms with Crippen molar-refractivity contribution >= 4 is 15.9 Å². The van der Waals surface area contributed by atoms with Crippen molar-refractivity contribution in [2.75, 3.05) is 6.54 Å². The molecule has 2 aromatic rings. The number of halogens is 3. The molecule has 1 aliphatic carbocycles. The number of carbonyl (C=O) groups excluding carboxylic acids is 1. The molecule has 3 atom stereocenters. The van der Waals surface area contributed by atoms with Gasteiger partial charge in [0.1, 0.15) is 17.8 Å². The van der Waals surface area contributed by atoms with Gasteiger partial charge in [0.25, 0.3) is 0 Å². The predicted octanol–water partition coefficient (Wildman–Crippen LogP) is 3.83. The fourth-order valence-corrected chi connectivity index (χ4v) is 5.99. The molecule has 0 unspecified atom stereocenters. The lowest BCUT2D eigenvalue weighted by Gasteiger charge is -2.30. The topological polar surface area (TPSA) is 66.5 Å². The Bertz CT molecular complexity index is 1150. The largest absolute Gasteiger partial charge is 0.334 e. The number of hydrogen-bond donors (Lipinski definition) is 1. The number of nitrogens with zero attached hydrogens (tertiary/aromatic N) is 1. The molecule has 0 spiro atoms. The Balaban J connectivity index is 1.68. The summed E-state index contributed by atoms with van der Waals surface area (Å²) in [6, 6.07) is 8.13. The second kappa shape index (κ2) is 9.10. The molecule has 1 amide bonds. The van der Waals surface area contributed by atoms with Crippen molar-refractivity contribution in [1.29, 1.82) is 0 Å². The molecule has 0 radical (unpaired) electrons. The van der Waals surface area contributed by atoms with Crippen molar-refractivity contribution in [2.45, 2.75) is 56.6 Å². The van der Waals surface area contributed by atoms with Crippen LogP contribution in [0.25, 0.3) is 11.1 Å². The summed E-state index contributed by atoms with van der Waals surface area (Å²) in [5, 5.41) is -0.548. The highest BCUT2D eigenvalue weighted by atomic mass is 32.2. The number of amides is 1. The van der Waals surface area contributed by atoms with Gasteiger partial charge in [0, 0.05) is 11.5 Å². The van der Waals surface area contributed by atoms with Gasteiger partial charge in [-0.05, 0) is 42.5 Å². The van der Waals surface area contributed by atoms with Crippen LogP contribution in [-0.4, -0.2) is 49.3 Å². The second-order valence-electron chi connectivity index (χ2n) is 9.11. The van der Waals surface area contributed by atoms with Gasteiger partial charge in [0.05, 0.1) is 23.9 Å². The molecule has 1 heterocycles. The zero-order valence-electron chi connectivity index (χ0n) is 18.5. The van der Waals surface area contributed by atoms with Gasteiger partial charge in [-0.15, -0.1) is 0 Å². The first-order valence-corrected chi connectivity index (χ1v) is 12.6. The quantitative estimate of drug-likeness (QED) is 0.655. The molecule has 178 valence electrons. The van der Waals surface area contributed by atoms with Gasteiger partial charge in [-0.1, -0.05) is 44.2 Å². The van der Waals surface area contributed by atoms with Crippen LogP contribution in [0.4, 0.5) is 13.2 Å². The summed E-state index contributed by atoms with van der Waals surface area (Å²) in [4.78, 5) is 14.1. The molecular formula is C24H27F3N2O3S. The fourth-order valence-electron chi connectivity index (χ4n) is 4.35. The van der Waals surface area contributed by atoms with E-state index in [1.165, 1.54) is 35.2 Å². The average Bonchev–Trinajstić information content (AvgIpc) is 3.57. The minimum atomic E-state index is -3.73. The number of carbonyl (C=O) groups is 1. The monoisotopic (exact) mass is 480 g/mol. The summed E-state index contributed by atoms with van der Waals surface area (Å²) in [5.41, 5.74) is 0.733. The Kier molecular flexibility index (Phi) is 6.55. The van der Waals surface area contributed by atoms with E-state index in [0.717, 1.165) is 0 Å². The van der Waals surface area contributed by atoms with Gasteiger partial charge in [0.15, 0.2) is 0 Å². The zero-order valence-corrected chi connectivity index (χ0v) is 19.3. The van der Waals surface area contributed by atoms with Crippen LogP contribution in [0.5, 0.6) is 0 Å². The summed E-state index contributed by atoms with van der Waals surface area (Å²) in [5.74, 6) is -1.86. The van der Waals surface area contributed by atoms with E-state index in [1.807, 2.05) is 0 Å². The van der Waals surface area contributed by atoms with Crippen LogP contribution in [0.2, 0.25) is 0 Å². The van der Waals surface area contributed by atoms with E-state index in [4.69, 9.17) is 0 Å². The Morgan fingerprint density at radius 3 is 2.48 bits per heavy atom. The van der Waals surface area contributed by atoms with Crippen molar-refractivity contribution in [3.8, 4) is 11.1 Å². The third-order valence-electron chi connectivity index (χ3n) is 6.26. The summed E-state index contributed by atoms with van der Waals surface area (Å²) in [7, 11) is -3.73. The van der Waals surface area contributed by atoms with E-state index in [9.17, 15) is 17.6 Å². The summed E-state index contributed by atoms with van der Waals surface area (Å²) < 4.78 is 71.8. The van der Waals surface area contributed by atoms with E-state index in [2.05, 4.69) is 4.72 Å². The molecule has 0 aromatic heterocycles. The van der Waals surface area contributed by atoms with Crippen molar-refractivity contribution in [1.82, 2.24) is 9.62 Å². The lowest BCUT2D eigenvalue weighted by atomic mass is 9.95. The van der Waals surface area contributed by atoms with E-state index in [-0.39, 0.29) is 30.0 Å². The zero-order chi connectivity index (χ0) is 23.9.